The molecular weight excluding hydrogens is 500 g/mol. The average Bonchev–Trinajstić information content (AvgIpc) is 3.39. The molecule has 8 nitrogen and oxygen atoms in total. The Morgan fingerprint density at radius 2 is 1.55 bits per heavy atom. The number of carbonyl (C=O) groups excluding carboxylic acids is 1. The van der Waals surface area contributed by atoms with E-state index in [1.807, 2.05) is 63.9 Å². The maximum atomic E-state index is 13.4. The molecule has 2 aromatic heterocycles. The van der Waals surface area contributed by atoms with Crippen LogP contribution >= 0.6 is 11.6 Å². The molecule has 3 heterocycles. The van der Waals surface area contributed by atoms with Crippen molar-refractivity contribution in [2.75, 3.05) is 31.1 Å². The van der Waals surface area contributed by atoms with Gasteiger partial charge in [0.05, 0.1) is 17.4 Å². The minimum Gasteiger partial charge on any atom is -0.368 e. The van der Waals surface area contributed by atoms with Crippen LogP contribution in [0.15, 0.2) is 83.7 Å². The molecule has 5 aromatic rings. The van der Waals surface area contributed by atoms with Gasteiger partial charge in [0.1, 0.15) is 5.82 Å². The van der Waals surface area contributed by atoms with E-state index in [0.29, 0.717) is 47.9 Å². The maximum absolute atomic E-state index is 13.4. The average molecular weight is 527 g/mol. The van der Waals surface area contributed by atoms with Gasteiger partial charge in [-0.2, -0.15) is 0 Å². The zero-order valence-electron chi connectivity index (χ0n) is 20.8. The van der Waals surface area contributed by atoms with Crippen LogP contribution in [0.25, 0.3) is 16.7 Å². The molecule has 0 spiro atoms. The van der Waals surface area contributed by atoms with Gasteiger partial charge in [-0.1, -0.05) is 60.1 Å². The minimum absolute atomic E-state index is 0.100. The zero-order chi connectivity index (χ0) is 26.1. The second-order valence-corrected chi connectivity index (χ2v) is 9.86. The number of anilines is 1. The highest BCUT2D eigenvalue weighted by molar-refractivity contribution is 6.31. The first-order chi connectivity index (χ1) is 18.6. The summed E-state index contributed by atoms with van der Waals surface area (Å²) in [6, 6.07) is 25.2. The van der Waals surface area contributed by atoms with Crippen molar-refractivity contribution in [3.05, 3.63) is 106 Å². The summed E-state index contributed by atoms with van der Waals surface area (Å²) in [5.41, 5.74) is 2.58. The summed E-state index contributed by atoms with van der Waals surface area (Å²) in [6.07, 6.45) is 0.747. The van der Waals surface area contributed by atoms with E-state index in [9.17, 15) is 9.59 Å². The SMILES string of the molecule is O=C(CCc1nnc2n(Cc3ccccc3Cl)c(=O)c3ccccc3n12)N1CCN(c2ccccc2)CC1. The molecule has 0 N–H and O–H groups in total. The van der Waals surface area contributed by atoms with Crippen LogP contribution in [-0.4, -0.2) is 56.2 Å². The van der Waals surface area contributed by atoms with Gasteiger partial charge >= 0.3 is 0 Å². The second-order valence-electron chi connectivity index (χ2n) is 9.45. The summed E-state index contributed by atoms with van der Waals surface area (Å²) in [7, 11) is 0. The van der Waals surface area contributed by atoms with E-state index in [4.69, 9.17) is 11.6 Å². The molecule has 1 aliphatic rings. The molecule has 192 valence electrons. The lowest BCUT2D eigenvalue weighted by molar-refractivity contribution is -0.131. The number of rotatable bonds is 6. The van der Waals surface area contributed by atoms with Crippen molar-refractivity contribution in [3.8, 4) is 0 Å². The highest BCUT2D eigenvalue weighted by Gasteiger charge is 2.23. The van der Waals surface area contributed by atoms with Gasteiger partial charge in [-0.3, -0.25) is 18.6 Å². The number of fused-ring (bicyclic) bond motifs is 3. The van der Waals surface area contributed by atoms with Crippen molar-refractivity contribution in [3.63, 3.8) is 0 Å². The number of nitrogens with zero attached hydrogens (tertiary/aromatic N) is 6. The van der Waals surface area contributed by atoms with Gasteiger partial charge < -0.3 is 9.80 Å². The number of halogens is 1. The zero-order valence-corrected chi connectivity index (χ0v) is 21.6. The summed E-state index contributed by atoms with van der Waals surface area (Å²) >= 11 is 6.40. The van der Waals surface area contributed by atoms with Crippen molar-refractivity contribution >= 4 is 39.9 Å². The first kappa shape index (κ1) is 24.2. The lowest BCUT2D eigenvalue weighted by Gasteiger charge is -2.36. The summed E-state index contributed by atoms with van der Waals surface area (Å²) in [5, 5.41) is 9.96. The standard InChI is InChI=1S/C29H27ClN6O2/c30-24-12-6-4-8-21(24)20-35-28(38)23-11-5-7-13-25(23)36-26(31-32-29(35)36)14-15-27(37)34-18-16-33(17-19-34)22-9-2-1-3-10-22/h1-13H,14-20H2. The van der Waals surface area contributed by atoms with Crippen molar-refractivity contribution in [1.82, 2.24) is 24.1 Å². The smallest absolute Gasteiger partial charge is 0.263 e. The maximum Gasteiger partial charge on any atom is 0.263 e. The van der Waals surface area contributed by atoms with Crippen LogP contribution in [0.5, 0.6) is 0 Å². The largest absolute Gasteiger partial charge is 0.368 e. The molecule has 0 atom stereocenters. The summed E-state index contributed by atoms with van der Waals surface area (Å²) in [4.78, 5) is 30.8. The van der Waals surface area contributed by atoms with Crippen molar-refractivity contribution in [2.24, 2.45) is 0 Å². The molecule has 0 saturated carbocycles. The number of piperazine rings is 1. The van der Waals surface area contributed by atoms with E-state index in [1.165, 1.54) is 5.69 Å². The fraction of sp³-hybridized carbons (Fsp3) is 0.241. The normalized spacial score (nSPS) is 13.9. The van der Waals surface area contributed by atoms with E-state index in [1.54, 1.807) is 16.7 Å². The van der Waals surface area contributed by atoms with Crippen molar-refractivity contribution < 1.29 is 4.79 Å². The van der Waals surface area contributed by atoms with Crippen LogP contribution in [0, 0.1) is 0 Å². The number of benzene rings is 3. The van der Waals surface area contributed by atoms with Gasteiger partial charge in [-0.25, -0.2) is 0 Å². The fourth-order valence-corrected chi connectivity index (χ4v) is 5.34. The topological polar surface area (TPSA) is 75.7 Å². The molecule has 38 heavy (non-hydrogen) atoms. The Bertz CT molecular complexity index is 1670. The summed E-state index contributed by atoms with van der Waals surface area (Å²) < 4.78 is 3.50. The monoisotopic (exact) mass is 526 g/mol. The number of para-hydroxylation sites is 2. The van der Waals surface area contributed by atoms with Crippen LogP contribution in [0.2, 0.25) is 5.02 Å². The predicted molar refractivity (Wildman–Crippen MR) is 149 cm³/mol. The molecule has 1 fully saturated rings. The molecule has 6 rings (SSSR count). The first-order valence-corrected chi connectivity index (χ1v) is 13.1. The van der Waals surface area contributed by atoms with Gasteiger partial charge in [0.2, 0.25) is 11.7 Å². The molecule has 1 saturated heterocycles. The Hall–Kier alpha value is -4.17. The number of hydrogen-bond acceptors (Lipinski definition) is 5. The van der Waals surface area contributed by atoms with Crippen LogP contribution < -0.4 is 10.5 Å². The van der Waals surface area contributed by atoms with Gasteiger partial charge in [-0.05, 0) is 35.9 Å². The second kappa shape index (κ2) is 10.3. The van der Waals surface area contributed by atoms with Gasteiger partial charge in [0, 0.05) is 49.7 Å². The Balaban J connectivity index is 1.25. The van der Waals surface area contributed by atoms with E-state index in [0.717, 1.165) is 24.2 Å². The number of aromatic nitrogens is 4. The highest BCUT2D eigenvalue weighted by atomic mass is 35.5. The molecule has 1 amide bonds. The minimum atomic E-state index is -0.153. The lowest BCUT2D eigenvalue weighted by Crippen LogP contribution is -2.48. The molecule has 0 radical (unpaired) electrons. The predicted octanol–water partition coefficient (Wildman–Crippen LogP) is 4.03. The molecular formula is C29H27ClN6O2. The number of amides is 1. The number of aryl methyl sites for hydroxylation is 1. The van der Waals surface area contributed by atoms with Gasteiger partial charge in [0.15, 0.2) is 0 Å². The third-order valence-corrected chi connectivity index (χ3v) is 7.55. The van der Waals surface area contributed by atoms with Crippen LogP contribution in [0.4, 0.5) is 5.69 Å². The van der Waals surface area contributed by atoms with Crippen molar-refractivity contribution in [2.45, 2.75) is 19.4 Å². The van der Waals surface area contributed by atoms with Crippen molar-refractivity contribution in [1.29, 1.82) is 0 Å². The van der Waals surface area contributed by atoms with Crippen LogP contribution in [-0.2, 0) is 17.8 Å². The molecule has 9 heteroatoms. The fourth-order valence-electron chi connectivity index (χ4n) is 5.15. The lowest BCUT2D eigenvalue weighted by atomic mass is 10.2. The van der Waals surface area contributed by atoms with E-state index in [-0.39, 0.29) is 18.0 Å². The van der Waals surface area contributed by atoms with E-state index in [2.05, 4.69) is 27.2 Å². The third-order valence-electron chi connectivity index (χ3n) is 7.18. The summed E-state index contributed by atoms with van der Waals surface area (Å²) in [6.45, 7) is 3.27. The molecule has 1 aliphatic heterocycles. The quantitative estimate of drug-likeness (QED) is 0.334. The third kappa shape index (κ3) is 4.52. The number of carbonyl (C=O) groups is 1. The molecule has 3 aromatic carbocycles. The molecule has 0 unspecified atom stereocenters. The Morgan fingerprint density at radius 1 is 0.842 bits per heavy atom. The number of hydrogen-bond donors (Lipinski definition) is 0. The van der Waals surface area contributed by atoms with E-state index >= 15 is 0 Å². The van der Waals surface area contributed by atoms with Gasteiger partial charge in [0.25, 0.3) is 5.56 Å². The Kier molecular flexibility index (Phi) is 6.55. The van der Waals surface area contributed by atoms with Gasteiger partial charge in [-0.15, -0.1) is 10.2 Å². The Morgan fingerprint density at radius 3 is 2.34 bits per heavy atom. The molecule has 0 bridgehead atoms. The Labute approximate surface area is 224 Å². The summed E-state index contributed by atoms with van der Waals surface area (Å²) in [5.74, 6) is 1.19. The van der Waals surface area contributed by atoms with Crippen LogP contribution in [0.3, 0.4) is 0 Å². The molecule has 0 aliphatic carbocycles. The highest BCUT2D eigenvalue weighted by Crippen LogP contribution is 2.20. The van der Waals surface area contributed by atoms with Crippen LogP contribution in [0.1, 0.15) is 17.8 Å². The first-order valence-electron chi connectivity index (χ1n) is 12.8. The van der Waals surface area contributed by atoms with E-state index < -0.39 is 0 Å².